The van der Waals surface area contributed by atoms with Crippen molar-refractivity contribution < 1.29 is 9.18 Å². The Bertz CT molecular complexity index is 547. The van der Waals surface area contributed by atoms with Crippen LogP contribution in [0.2, 0.25) is 5.02 Å². The predicted molar refractivity (Wildman–Crippen MR) is 72.6 cm³/mol. The Morgan fingerprint density at radius 2 is 2.21 bits per heavy atom. The molecule has 1 saturated heterocycles. The number of rotatable bonds is 3. The van der Waals surface area contributed by atoms with Crippen LogP contribution < -0.4 is 10.6 Å². The summed E-state index contributed by atoms with van der Waals surface area (Å²) in [4.78, 5) is 16.3. The van der Waals surface area contributed by atoms with Crippen molar-refractivity contribution in [2.24, 2.45) is 4.99 Å². The standard InChI is InChI=1S/C13H15ClFN3O/c1-3-6-16-12-17-11(19)13(2,18-12)9-5-4-8(15)7-10(9)14/h4-5,7H,3,6H2,1-2H3,(H2,16,17,18,19). The summed E-state index contributed by atoms with van der Waals surface area (Å²) in [6.45, 7) is 4.31. The van der Waals surface area contributed by atoms with E-state index in [2.05, 4.69) is 15.6 Å². The molecule has 0 spiro atoms. The Kier molecular flexibility index (Phi) is 3.75. The number of nitrogens with one attached hydrogen (secondary N) is 2. The van der Waals surface area contributed by atoms with Crippen LogP contribution in [0.3, 0.4) is 0 Å². The number of halogens is 2. The third-order valence-corrected chi connectivity index (χ3v) is 3.33. The molecular formula is C13H15ClFN3O. The van der Waals surface area contributed by atoms with Gasteiger partial charge >= 0.3 is 0 Å². The highest BCUT2D eigenvalue weighted by Crippen LogP contribution is 2.30. The summed E-state index contributed by atoms with van der Waals surface area (Å²) >= 11 is 6.02. The molecule has 0 aromatic heterocycles. The highest BCUT2D eigenvalue weighted by atomic mass is 35.5. The lowest BCUT2D eigenvalue weighted by Crippen LogP contribution is -2.41. The molecule has 1 heterocycles. The molecule has 0 saturated carbocycles. The van der Waals surface area contributed by atoms with Gasteiger partial charge in [-0.1, -0.05) is 24.6 Å². The maximum Gasteiger partial charge on any atom is 0.256 e. The number of hydrogen-bond acceptors (Lipinski definition) is 2. The molecular weight excluding hydrogens is 269 g/mol. The molecule has 1 aliphatic heterocycles. The second kappa shape index (κ2) is 5.17. The molecule has 2 N–H and O–H groups in total. The molecule has 1 fully saturated rings. The zero-order valence-electron chi connectivity index (χ0n) is 10.8. The molecule has 102 valence electrons. The van der Waals surface area contributed by atoms with Crippen LogP contribution in [0.15, 0.2) is 23.2 Å². The molecule has 0 bridgehead atoms. The summed E-state index contributed by atoms with van der Waals surface area (Å²) in [5.74, 6) is -0.263. The number of guanidine groups is 1. The SMILES string of the molecule is CCCN=C1NC(=O)C(C)(c2ccc(F)cc2Cl)N1. The number of aliphatic imine (C=N–C) groups is 1. The van der Waals surface area contributed by atoms with E-state index in [0.29, 0.717) is 18.1 Å². The van der Waals surface area contributed by atoms with Gasteiger partial charge in [0.25, 0.3) is 5.91 Å². The van der Waals surface area contributed by atoms with Gasteiger partial charge in [-0.25, -0.2) is 4.39 Å². The maximum atomic E-state index is 13.1. The summed E-state index contributed by atoms with van der Waals surface area (Å²) in [6, 6.07) is 3.98. The van der Waals surface area contributed by atoms with E-state index < -0.39 is 11.4 Å². The van der Waals surface area contributed by atoms with E-state index in [4.69, 9.17) is 11.6 Å². The molecule has 0 radical (unpaired) electrons. The van der Waals surface area contributed by atoms with Gasteiger partial charge < -0.3 is 5.32 Å². The summed E-state index contributed by atoms with van der Waals surface area (Å²) in [7, 11) is 0. The maximum absolute atomic E-state index is 13.1. The molecule has 1 aliphatic rings. The van der Waals surface area contributed by atoms with Crippen LogP contribution in [0.5, 0.6) is 0 Å². The van der Waals surface area contributed by atoms with Crippen molar-refractivity contribution in [3.05, 3.63) is 34.6 Å². The zero-order valence-corrected chi connectivity index (χ0v) is 11.5. The molecule has 1 atom stereocenters. The highest BCUT2D eigenvalue weighted by molar-refractivity contribution is 6.32. The minimum absolute atomic E-state index is 0.210. The molecule has 2 rings (SSSR count). The first kappa shape index (κ1) is 13.8. The lowest BCUT2D eigenvalue weighted by molar-refractivity contribution is -0.123. The van der Waals surface area contributed by atoms with E-state index in [1.807, 2.05) is 6.92 Å². The van der Waals surface area contributed by atoms with E-state index in [1.165, 1.54) is 18.2 Å². The van der Waals surface area contributed by atoms with Crippen LogP contribution in [0, 0.1) is 5.82 Å². The first-order chi connectivity index (χ1) is 8.97. The predicted octanol–water partition coefficient (Wildman–Crippen LogP) is 2.18. The minimum Gasteiger partial charge on any atom is -0.338 e. The average Bonchev–Trinajstić information content (AvgIpc) is 2.63. The van der Waals surface area contributed by atoms with Crippen LogP contribution in [0.4, 0.5) is 4.39 Å². The number of nitrogens with zero attached hydrogens (tertiary/aromatic N) is 1. The van der Waals surface area contributed by atoms with Gasteiger partial charge in [-0.3, -0.25) is 15.1 Å². The van der Waals surface area contributed by atoms with Gasteiger partial charge in [-0.15, -0.1) is 0 Å². The molecule has 6 heteroatoms. The average molecular weight is 284 g/mol. The fourth-order valence-electron chi connectivity index (χ4n) is 1.94. The fourth-order valence-corrected chi connectivity index (χ4v) is 2.30. The van der Waals surface area contributed by atoms with E-state index in [-0.39, 0.29) is 10.9 Å². The van der Waals surface area contributed by atoms with E-state index in [1.54, 1.807) is 6.92 Å². The number of amides is 1. The Morgan fingerprint density at radius 1 is 1.47 bits per heavy atom. The third kappa shape index (κ3) is 2.56. The van der Waals surface area contributed by atoms with Gasteiger partial charge in [0.2, 0.25) is 0 Å². The summed E-state index contributed by atoms with van der Waals surface area (Å²) < 4.78 is 13.1. The molecule has 1 amide bonds. The van der Waals surface area contributed by atoms with E-state index in [9.17, 15) is 9.18 Å². The lowest BCUT2D eigenvalue weighted by Gasteiger charge is -2.22. The summed E-state index contributed by atoms with van der Waals surface area (Å²) in [5.41, 5.74) is -0.507. The second-order valence-corrected chi connectivity index (χ2v) is 4.97. The number of hydrogen-bond donors (Lipinski definition) is 2. The Hall–Kier alpha value is -1.62. The third-order valence-electron chi connectivity index (χ3n) is 3.02. The summed E-state index contributed by atoms with van der Waals surface area (Å²) in [6.07, 6.45) is 0.884. The van der Waals surface area contributed by atoms with Crippen molar-refractivity contribution in [1.29, 1.82) is 0 Å². The molecule has 4 nitrogen and oxygen atoms in total. The topological polar surface area (TPSA) is 53.5 Å². The molecule has 1 unspecified atom stereocenters. The number of carbonyl (C=O) groups excluding carboxylic acids is 1. The van der Waals surface area contributed by atoms with Crippen LogP contribution >= 0.6 is 11.6 Å². The summed E-state index contributed by atoms with van der Waals surface area (Å²) in [5, 5.41) is 5.89. The first-order valence-corrected chi connectivity index (χ1v) is 6.45. The first-order valence-electron chi connectivity index (χ1n) is 6.07. The van der Waals surface area contributed by atoms with Crippen molar-refractivity contribution in [2.45, 2.75) is 25.8 Å². The molecule has 0 aliphatic carbocycles. The van der Waals surface area contributed by atoms with Gasteiger partial charge in [0.15, 0.2) is 5.96 Å². The molecule has 1 aromatic rings. The zero-order chi connectivity index (χ0) is 14.0. The van der Waals surface area contributed by atoms with Crippen molar-refractivity contribution >= 4 is 23.5 Å². The van der Waals surface area contributed by atoms with Crippen LogP contribution in [-0.2, 0) is 10.3 Å². The fraction of sp³-hybridized carbons (Fsp3) is 0.385. The van der Waals surface area contributed by atoms with Crippen LogP contribution in [-0.4, -0.2) is 18.4 Å². The monoisotopic (exact) mass is 283 g/mol. The van der Waals surface area contributed by atoms with Crippen LogP contribution in [0.25, 0.3) is 0 Å². The number of carbonyl (C=O) groups is 1. The van der Waals surface area contributed by atoms with Gasteiger partial charge in [0, 0.05) is 17.1 Å². The largest absolute Gasteiger partial charge is 0.338 e. The van der Waals surface area contributed by atoms with Gasteiger partial charge in [-0.2, -0.15) is 0 Å². The van der Waals surface area contributed by atoms with Gasteiger partial charge in [-0.05, 0) is 25.5 Å². The highest BCUT2D eigenvalue weighted by Gasteiger charge is 2.43. The van der Waals surface area contributed by atoms with Crippen molar-refractivity contribution in [3.63, 3.8) is 0 Å². The van der Waals surface area contributed by atoms with Gasteiger partial charge in [0.05, 0.1) is 0 Å². The smallest absolute Gasteiger partial charge is 0.256 e. The lowest BCUT2D eigenvalue weighted by atomic mass is 9.92. The Labute approximate surface area is 116 Å². The Balaban J connectivity index is 2.35. The van der Waals surface area contributed by atoms with E-state index in [0.717, 1.165) is 6.42 Å². The quantitative estimate of drug-likeness (QED) is 0.893. The molecule has 1 aromatic carbocycles. The minimum atomic E-state index is -1.03. The van der Waals surface area contributed by atoms with Crippen LogP contribution in [0.1, 0.15) is 25.8 Å². The van der Waals surface area contributed by atoms with E-state index >= 15 is 0 Å². The molecule has 19 heavy (non-hydrogen) atoms. The van der Waals surface area contributed by atoms with Crippen molar-refractivity contribution in [3.8, 4) is 0 Å². The van der Waals surface area contributed by atoms with Gasteiger partial charge in [0.1, 0.15) is 11.4 Å². The normalized spacial score (nSPS) is 24.4. The van der Waals surface area contributed by atoms with Crippen molar-refractivity contribution in [1.82, 2.24) is 10.6 Å². The Morgan fingerprint density at radius 3 is 2.84 bits per heavy atom. The van der Waals surface area contributed by atoms with Crippen molar-refractivity contribution in [2.75, 3.05) is 6.54 Å². The number of benzene rings is 1. The second-order valence-electron chi connectivity index (χ2n) is 4.56.